The molecule has 0 bridgehead atoms. The molecule has 2 aromatic heterocycles. The maximum atomic E-state index is 13.8. The van der Waals surface area contributed by atoms with Crippen LogP contribution in [0.5, 0.6) is 0 Å². The predicted molar refractivity (Wildman–Crippen MR) is 114 cm³/mol. The van der Waals surface area contributed by atoms with Gasteiger partial charge in [0.15, 0.2) is 0 Å². The minimum absolute atomic E-state index is 0.0203. The highest BCUT2D eigenvalue weighted by Gasteiger charge is 2.24. The van der Waals surface area contributed by atoms with E-state index in [0.717, 1.165) is 55.3 Å². The summed E-state index contributed by atoms with van der Waals surface area (Å²) in [6.07, 6.45) is 8.49. The van der Waals surface area contributed by atoms with Crippen LogP contribution in [0, 0.1) is 5.82 Å². The van der Waals surface area contributed by atoms with E-state index in [0.29, 0.717) is 6.42 Å². The lowest BCUT2D eigenvalue weighted by Crippen LogP contribution is -2.19. The number of halogens is 1. The fourth-order valence-corrected chi connectivity index (χ4v) is 3.89. The summed E-state index contributed by atoms with van der Waals surface area (Å²) in [5, 5.41) is 12.7. The summed E-state index contributed by atoms with van der Waals surface area (Å²) in [6, 6.07) is 8.90. The number of benzene rings is 1. The largest absolute Gasteiger partial charge is 0.364 e. The van der Waals surface area contributed by atoms with Crippen LogP contribution in [0.3, 0.4) is 0 Å². The molecule has 0 radical (unpaired) electrons. The molecule has 0 aliphatic carbocycles. The van der Waals surface area contributed by atoms with Crippen molar-refractivity contribution in [3.05, 3.63) is 65.0 Å². The minimum Gasteiger partial charge on any atom is -0.364 e. The molecule has 0 aliphatic heterocycles. The zero-order valence-electron chi connectivity index (χ0n) is 17.7. The van der Waals surface area contributed by atoms with Gasteiger partial charge in [0.1, 0.15) is 5.82 Å². The van der Waals surface area contributed by atoms with Crippen molar-refractivity contribution in [3.63, 3.8) is 0 Å². The second-order valence-corrected chi connectivity index (χ2v) is 7.75. The third kappa shape index (κ3) is 6.16. The van der Waals surface area contributed by atoms with Crippen LogP contribution in [0.1, 0.15) is 78.8 Å². The van der Waals surface area contributed by atoms with Crippen LogP contribution in [0.4, 0.5) is 4.39 Å². The fourth-order valence-electron chi connectivity index (χ4n) is 3.89. The summed E-state index contributed by atoms with van der Waals surface area (Å²) in [6.45, 7) is 2.15. The van der Waals surface area contributed by atoms with Gasteiger partial charge in [-0.25, -0.2) is 4.39 Å². The highest BCUT2D eigenvalue weighted by atomic mass is 19.1. The number of H-pyrrole nitrogens is 2. The fraction of sp³-hybridized carbons (Fsp3) is 0.435. The van der Waals surface area contributed by atoms with Gasteiger partial charge in [0.05, 0.1) is 6.42 Å². The molecule has 0 amide bonds. The SMILES string of the molecule is CCCCC(CCCCc1ccccc1F)c1cc[nH]c1CC(=O)C(=O)c1nn[nH]n1. The van der Waals surface area contributed by atoms with E-state index in [1.807, 2.05) is 24.4 Å². The molecule has 0 saturated heterocycles. The number of ketones is 2. The average molecular weight is 426 g/mol. The molecule has 3 aromatic rings. The van der Waals surface area contributed by atoms with Crippen molar-refractivity contribution in [2.24, 2.45) is 0 Å². The molecule has 0 saturated carbocycles. The molecule has 2 heterocycles. The Morgan fingerprint density at radius 3 is 2.65 bits per heavy atom. The molecule has 2 N–H and O–H groups in total. The lowest BCUT2D eigenvalue weighted by atomic mass is 9.87. The number of aromatic nitrogens is 5. The number of unbranched alkanes of at least 4 members (excludes halogenated alkanes) is 2. The van der Waals surface area contributed by atoms with E-state index in [9.17, 15) is 14.0 Å². The number of nitrogens with one attached hydrogen (secondary N) is 2. The normalized spacial score (nSPS) is 12.1. The molecule has 3 rings (SSSR count). The summed E-state index contributed by atoms with van der Waals surface area (Å²) >= 11 is 0. The van der Waals surface area contributed by atoms with Gasteiger partial charge in [-0.15, -0.1) is 10.2 Å². The highest BCUT2D eigenvalue weighted by molar-refractivity contribution is 6.43. The van der Waals surface area contributed by atoms with Crippen LogP contribution in [-0.4, -0.2) is 37.2 Å². The van der Waals surface area contributed by atoms with E-state index < -0.39 is 11.6 Å². The van der Waals surface area contributed by atoms with E-state index in [1.165, 1.54) is 6.07 Å². The second-order valence-electron chi connectivity index (χ2n) is 7.75. The molecular weight excluding hydrogens is 397 g/mol. The lowest BCUT2D eigenvalue weighted by Gasteiger charge is -2.18. The number of tetrazole rings is 1. The van der Waals surface area contributed by atoms with Crippen LogP contribution >= 0.6 is 0 Å². The number of aromatic amines is 2. The number of rotatable bonds is 13. The first kappa shape index (κ1) is 22.5. The van der Waals surface area contributed by atoms with Crippen molar-refractivity contribution in [2.75, 3.05) is 0 Å². The van der Waals surface area contributed by atoms with Gasteiger partial charge in [-0.1, -0.05) is 44.4 Å². The number of carbonyl (C=O) groups is 2. The first-order valence-corrected chi connectivity index (χ1v) is 10.8. The van der Waals surface area contributed by atoms with E-state index in [-0.39, 0.29) is 24.0 Å². The number of Topliss-reactive ketones (excluding diaryl/α,β-unsaturated/α-hetero) is 2. The van der Waals surface area contributed by atoms with Crippen LogP contribution in [0.25, 0.3) is 0 Å². The number of hydrogen-bond acceptors (Lipinski definition) is 5. The van der Waals surface area contributed by atoms with Gasteiger partial charge in [-0.3, -0.25) is 9.59 Å². The van der Waals surface area contributed by atoms with Crippen molar-refractivity contribution >= 4 is 11.6 Å². The number of hydrogen-bond donors (Lipinski definition) is 2. The number of aryl methyl sites for hydroxylation is 1. The van der Waals surface area contributed by atoms with Crippen LogP contribution in [0.2, 0.25) is 0 Å². The summed E-state index contributed by atoms with van der Waals surface area (Å²) in [7, 11) is 0. The van der Waals surface area contributed by atoms with Gasteiger partial charge in [0.25, 0.3) is 5.78 Å². The van der Waals surface area contributed by atoms with Crippen LogP contribution in [-0.2, 0) is 17.6 Å². The molecular formula is C23H28FN5O2. The highest BCUT2D eigenvalue weighted by Crippen LogP contribution is 2.30. The first-order valence-electron chi connectivity index (χ1n) is 10.8. The molecule has 1 unspecified atom stereocenters. The third-order valence-corrected chi connectivity index (χ3v) is 5.56. The van der Waals surface area contributed by atoms with Gasteiger partial charge >= 0.3 is 0 Å². The third-order valence-electron chi connectivity index (χ3n) is 5.56. The van der Waals surface area contributed by atoms with E-state index in [4.69, 9.17) is 0 Å². The number of carbonyl (C=O) groups excluding carboxylic acids is 2. The Kier molecular flexibility index (Phi) is 8.20. The molecule has 0 fully saturated rings. The monoisotopic (exact) mass is 425 g/mol. The Morgan fingerprint density at radius 2 is 1.90 bits per heavy atom. The van der Waals surface area contributed by atoms with E-state index in [1.54, 1.807) is 6.07 Å². The van der Waals surface area contributed by atoms with Crippen molar-refractivity contribution in [3.8, 4) is 0 Å². The molecule has 0 aliphatic rings. The van der Waals surface area contributed by atoms with Crippen LogP contribution in [0.15, 0.2) is 36.5 Å². The van der Waals surface area contributed by atoms with E-state index in [2.05, 4.69) is 32.5 Å². The molecule has 0 spiro atoms. The predicted octanol–water partition coefficient (Wildman–Crippen LogP) is 4.35. The quantitative estimate of drug-likeness (QED) is 0.241. The average Bonchev–Trinajstić information content (AvgIpc) is 3.46. The van der Waals surface area contributed by atoms with Gasteiger partial charge < -0.3 is 4.98 Å². The lowest BCUT2D eigenvalue weighted by molar-refractivity contribution is -0.114. The summed E-state index contributed by atoms with van der Waals surface area (Å²) in [5.41, 5.74) is 2.59. The van der Waals surface area contributed by atoms with Gasteiger partial charge in [-0.2, -0.15) is 5.21 Å². The first-order chi connectivity index (χ1) is 15.1. The zero-order chi connectivity index (χ0) is 22.1. The van der Waals surface area contributed by atoms with Crippen LogP contribution < -0.4 is 0 Å². The van der Waals surface area contributed by atoms with E-state index >= 15 is 0 Å². The molecule has 7 nitrogen and oxygen atoms in total. The Bertz CT molecular complexity index is 984. The Balaban J connectivity index is 1.61. The zero-order valence-corrected chi connectivity index (χ0v) is 17.7. The van der Waals surface area contributed by atoms with Crippen molar-refractivity contribution in [1.29, 1.82) is 0 Å². The molecule has 1 aromatic carbocycles. The van der Waals surface area contributed by atoms with Gasteiger partial charge in [0, 0.05) is 11.9 Å². The summed E-state index contributed by atoms with van der Waals surface area (Å²) in [4.78, 5) is 27.7. The number of nitrogens with zero attached hydrogens (tertiary/aromatic N) is 3. The summed E-state index contributed by atoms with van der Waals surface area (Å²) < 4.78 is 13.8. The Labute approximate surface area is 180 Å². The smallest absolute Gasteiger partial charge is 0.269 e. The second kappa shape index (κ2) is 11.3. The summed E-state index contributed by atoms with van der Waals surface area (Å²) in [5.74, 6) is -1.39. The Hall–Kier alpha value is -3.16. The molecule has 1 atom stereocenters. The minimum atomic E-state index is -0.746. The maximum absolute atomic E-state index is 13.8. The van der Waals surface area contributed by atoms with Crippen molar-refractivity contribution in [1.82, 2.24) is 25.6 Å². The van der Waals surface area contributed by atoms with Gasteiger partial charge in [0.2, 0.25) is 11.6 Å². The topological polar surface area (TPSA) is 104 Å². The maximum Gasteiger partial charge on any atom is 0.269 e. The standard InChI is InChI=1S/C23H28FN5O2/c1-2-3-8-16(9-4-5-10-17-11-6-7-12-19(17)24)18-13-14-25-20(18)15-21(30)22(31)23-26-28-29-27-23/h6-7,11-14,16,25H,2-5,8-10,15H2,1H3,(H,26,27,28,29). The Morgan fingerprint density at radius 1 is 1.10 bits per heavy atom. The van der Waals surface area contributed by atoms with Crippen molar-refractivity contribution < 1.29 is 14.0 Å². The van der Waals surface area contributed by atoms with Gasteiger partial charge in [-0.05, 0) is 60.1 Å². The molecule has 8 heteroatoms. The van der Waals surface area contributed by atoms with Crippen molar-refractivity contribution in [2.45, 2.75) is 64.2 Å². The molecule has 31 heavy (non-hydrogen) atoms. The molecule has 164 valence electrons.